The molecule has 0 bridgehead atoms. The van der Waals surface area contributed by atoms with E-state index in [0.29, 0.717) is 6.42 Å². The number of ether oxygens (including phenoxy) is 1. The van der Waals surface area contributed by atoms with Crippen molar-refractivity contribution in [2.75, 3.05) is 34.3 Å². The number of hydrogen-bond donors (Lipinski definition) is 1. The molecule has 0 aliphatic rings. The van der Waals surface area contributed by atoms with Crippen LogP contribution in [0.25, 0.3) is 0 Å². The van der Waals surface area contributed by atoms with Crippen LogP contribution in [-0.2, 0) is 29.3 Å². The van der Waals surface area contributed by atoms with E-state index in [9.17, 15) is 19.2 Å². The summed E-state index contributed by atoms with van der Waals surface area (Å²) in [6.07, 6.45) is 0.614. The second-order valence-corrected chi connectivity index (χ2v) is 9.23. The lowest BCUT2D eigenvalue weighted by molar-refractivity contribution is -0.151. The molecule has 8 nitrogen and oxygen atoms in total. The monoisotopic (exact) mass is 461 g/mol. The van der Waals surface area contributed by atoms with Gasteiger partial charge in [-0.2, -0.15) is 0 Å². The van der Waals surface area contributed by atoms with Crippen molar-refractivity contribution >= 4 is 23.7 Å². The third-order valence-corrected chi connectivity index (χ3v) is 6.19. The van der Waals surface area contributed by atoms with Gasteiger partial charge in [-0.1, -0.05) is 65.0 Å². The van der Waals surface area contributed by atoms with Crippen molar-refractivity contribution in [3.05, 3.63) is 35.9 Å². The maximum Gasteiger partial charge on any atom is 0.325 e. The molecule has 8 heteroatoms. The molecule has 0 aliphatic heterocycles. The van der Waals surface area contributed by atoms with Crippen molar-refractivity contribution in [2.24, 2.45) is 11.8 Å². The third-order valence-electron chi connectivity index (χ3n) is 6.19. The average Bonchev–Trinajstić information content (AvgIpc) is 2.77. The van der Waals surface area contributed by atoms with Crippen LogP contribution in [0.5, 0.6) is 0 Å². The molecule has 0 heterocycles. The summed E-state index contributed by atoms with van der Waals surface area (Å²) in [4.78, 5) is 52.9. The van der Waals surface area contributed by atoms with Crippen LogP contribution in [0.3, 0.4) is 0 Å². The van der Waals surface area contributed by atoms with Gasteiger partial charge < -0.3 is 19.9 Å². The highest BCUT2D eigenvalue weighted by Crippen LogP contribution is 2.33. The van der Waals surface area contributed by atoms with Crippen LogP contribution >= 0.6 is 0 Å². The Bertz CT molecular complexity index is 823. The second kappa shape index (κ2) is 12.4. The largest absolute Gasteiger partial charge is 0.468 e. The third kappa shape index (κ3) is 7.30. The zero-order valence-corrected chi connectivity index (χ0v) is 21.2. The van der Waals surface area contributed by atoms with E-state index in [1.54, 1.807) is 0 Å². The SMILES string of the molecule is CC[C@H](C(=O)NCC(=O)N(C)[C@H](C(=O)N(C)CC(=O)OC)C(C)C)C(C)(C)c1ccccc1. The Kier molecular flexibility index (Phi) is 10.5. The molecular formula is C25H39N3O5. The molecule has 184 valence electrons. The quantitative estimate of drug-likeness (QED) is 0.510. The lowest BCUT2D eigenvalue weighted by atomic mass is 9.71. The number of carbonyl (C=O) groups excluding carboxylic acids is 4. The minimum atomic E-state index is -0.771. The number of nitrogens with zero attached hydrogens (tertiary/aromatic N) is 2. The predicted octanol–water partition coefficient (Wildman–Crippen LogP) is 2.22. The topological polar surface area (TPSA) is 96.0 Å². The molecule has 0 radical (unpaired) electrons. The normalized spacial score (nSPS) is 13.1. The first-order valence-electron chi connectivity index (χ1n) is 11.3. The van der Waals surface area contributed by atoms with Crippen LogP contribution in [0.15, 0.2) is 30.3 Å². The van der Waals surface area contributed by atoms with Gasteiger partial charge in [-0.05, 0) is 17.9 Å². The predicted molar refractivity (Wildman–Crippen MR) is 127 cm³/mol. The van der Waals surface area contributed by atoms with Gasteiger partial charge in [0.05, 0.1) is 13.7 Å². The van der Waals surface area contributed by atoms with E-state index in [0.717, 1.165) is 5.56 Å². The van der Waals surface area contributed by atoms with E-state index in [4.69, 9.17) is 0 Å². The van der Waals surface area contributed by atoms with Crippen LogP contribution in [0.2, 0.25) is 0 Å². The molecular weight excluding hydrogens is 422 g/mol. The summed E-state index contributed by atoms with van der Waals surface area (Å²) in [5, 5.41) is 2.76. The van der Waals surface area contributed by atoms with E-state index in [-0.39, 0.29) is 42.6 Å². The van der Waals surface area contributed by atoms with Crippen molar-refractivity contribution in [1.82, 2.24) is 15.1 Å². The number of hydrogen-bond acceptors (Lipinski definition) is 5. The molecule has 1 aromatic rings. The number of benzene rings is 1. The molecule has 0 spiro atoms. The van der Waals surface area contributed by atoms with Gasteiger partial charge in [-0.15, -0.1) is 0 Å². The molecule has 2 atom stereocenters. The molecule has 0 fully saturated rings. The highest BCUT2D eigenvalue weighted by molar-refractivity contribution is 5.91. The summed E-state index contributed by atoms with van der Waals surface area (Å²) in [6.45, 7) is 9.23. The fourth-order valence-electron chi connectivity index (χ4n) is 4.12. The maximum absolute atomic E-state index is 13.0. The number of esters is 1. The Morgan fingerprint density at radius 2 is 1.64 bits per heavy atom. The van der Waals surface area contributed by atoms with E-state index in [1.165, 1.54) is 31.0 Å². The number of nitrogens with one attached hydrogen (secondary N) is 1. The number of rotatable bonds is 11. The Morgan fingerprint density at radius 1 is 1.06 bits per heavy atom. The minimum Gasteiger partial charge on any atom is -0.468 e. The summed E-state index contributed by atoms with van der Waals surface area (Å²) in [5.74, 6) is -2.01. The van der Waals surface area contributed by atoms with Gasteiger partial charge >= 0.3 is 5.97 Å². The van der Waals surface area contributed by atoms with Crippen molar-refractivity contribution in [3.63, 3.8) is 0 Å². The van der Waals surface area contributed by atoms with Crippen LogP contribution < -0.4 is 5.32 Å². The summed E-state index contributed by atoms with van der Waals surface area (Å²) in [6, 6.07) is 9.05. The Balaban J connectivity index is 2.87. The lowest BCUT2D eigenvalue weighted by Crippen LogP contribution is -2.54. The second-order valence-electron chi connectivity index (χ2n) is 9.23. The minimum absolute atomic E-state index is 0.192. The average molecular weight is 462 g/mol. The molecule has 0 unspecified atom stereocenters. The van der Waals surface area contributed by atoms with Crippen molar-refractivity contribution < 1.29 is 23.9 Å². The highest BCUT2D eigenvalue weighted by atomic mass is 16.5. The first-order valence-corrected chi connectivity index (χ1v) is 11.3. The van der Waals surface area contributed by atoms with Gasteiger partial charge in [0.2, 0.25) is 17.7 Å². The van der Waals surface area contributed by atoms with Crippen LogP contribution in [0.1, 0.15) is 46.6 Å². The molecule has 33 heavy (non-hydrogen) atoms. The summed E-state index contributed by atoms with van der Waals surface area (Å²) in [5.41, 5.74) is 0.636. The van der Waals surface area contributed by atoms with E-state index < -0.39 is 17.4 Å². The van der Waals surface area contributed by atoms with Crippen molar-refractivity contribution in [2.45, 2.75) is 52.5 Å². The Labute approximate surface area is 197 Å². The molecule has 0 saturated heterocycles. The Morgan fingerprint density at radius 3 is 2.12 bits per heavy atom. The van der Waals surface area contributed by atoms with Crippen LogP contribution in [0, 0.1) is 11.8 Å². The number of carbonyl (C=O) groups is 4. The summed E-state index contributed by atoms with van der Waals surface area (Å²) >= 11 is 0. The van der Waals surface area contributed by atoms with Crippen molar-refractivity contribution in [3.8, 4) is 0 Å². The number of methoxy groups -OCH3 is 1. The molecule has 1 N–H and O–H groups in total. The van der Waals surface area contributed by atoms with E-state index in [1.807, 2.05) is 65.0 Å². The van der Waals surface area contributed by atoms with Gasteiger partial charge in [0.25, 0.3) is 0 Å². The van der Waals surface area contributed by atoms with Crippen LogP contribution in [0.4, 0.5) is 0 Å². The highest BCUT2D eigenvalue weighted by Gasteiger charge is 2.36. The first kappa shape index (κ1) is 28.1. The standard InChI is InChI=1S/C25H39N3O5/c1-9-19(25(4,5)18-13-11-10-12-14-18)23(31)26-15-20(29)28(7)22(17(2)3)24(32)27(6)16-21(30)33-8/h10-14,17,19,22H,9,15-16H2,1-8H3,(H,26,31)/t19-,22+/m1/s1. The molecule has 3 amide bonds. The van der Waals surface area contributed by atoms with Gasteiger partial charge in [-0.25, -0.2) is 0 Å². The van der Waals surface area contributed by atoms with Crippen molar-refractivity contribution in [1.29, 1.82) is 0 Å². The van der Waals surface area contributed by atoms with Gasteiger partial charge in [-0.3, -0.25) is 19.2 Å². The smallest absolute Gasteiger partial charge is 0.325 e. The maximum atomic E-state index is 13.0. The van der Waals surface area contributed by atoms with Gasteiger partial charge in [0.15, 0.2) is 0 Å². The molecule has 0 aromatic heterocycles. The zero-order chi connectivity index (χ0) is 25.3. The molecule has 1 aromatic carbocycles. The summed E-state index contributed by atoms with van der Waals surface area (Å²) < 4.78 is 4.62. The van der Waals surface area contributed by atoms with E-state index >= 15 is 0 Å². The van der Waals surface area contributed by atoms with Gasteiger partial charge in [0, 0.05) is 25.4 Å². The number of amides is 3. The van der Waals surface area contributed by atoms with Gasteiger partial charge in [0.1, 0.15) is 12.6 Å². The summed E-state index contributed by atoms with van der Waals surface area (Å²) in [7, 11) is 4.28. The Hall–Kier alpha value is -2.90. The zero-order valence-electron chi connectivity index (χ0n) is 21.2. The van der Waals surface area contributed by atoms with E-state index in [2.05, 4.69) is 10.1 Å². The molecule has 0 aliphatic carbocycles. The fourth-order valence-corrected chi connectivity index (χ4v) is 4.12. The molecule has 0 saturated carbocycles. The van der Waals surface area contributed by atoms with Crippen LogP contribution in [-0.4, -0.2) is 73.8 Å². The lowest BCUT2D eigenvalue weighted by Gasteiger charge is -2.34. The first-order chi connectivity index (χ1) is 15.4. The fraction of sp³-hybridized carbons (Fsp3) is 0.600. The molecule has 1 rings (SSSR count). The number of likely N-dealkylation sites (N-methyl/N-ethyl adjacent to an activating group) is 2.